The summed E-state index contributed by atoms with van der Waals surface area (Å²) >= 11 is 0. The first-order valence-electron chi connectivity index (χ1n) is 8.83. The summed E-state index contributed by atoms with van der Waals surface area (Å²) in [6, 6.07) is 4.02. The normalized spacial score (nSPS) is 34.3. The van der Waals surface area contributed by atoms with Crippen LogP contribution in [-0.2, 0) is 0 Å². The van der Waals surface area contributed by atoms with E-state index < -0.39 is 11.6 Å². The van der Waals surface area contributed by atoms with Gasteiger partial charge in [0, 0.05) is 31.1 Å². The van der Waals surface area contributed by atoms with Gasteiger partial charge in [-0.2, -0.15) is 0 Å². The number of nitrogens with zero attached hydrogens (tertiary/aromatic N) is 2. The molecule has 4 fully saturated rings. The van der Waals surface area contributed by atoms with Gasteiger partial charge in [-0.05, 0) is 56.5 Å². The van der Waals surface area contributed by atoms with Gasteiger partial charge in [0.1, 0.15) is 11.6 Å². The van der Waals surface area contributed by atoms with Crippen molar-refractivity contribution >= 4 is 6.03 Å². The number of rotatable bonds is 2. The van der Waals surface area contributed by atoms with Gasteiger partial charge < -0.3 is 10.2 Å². The molecule has 1 aromatic rings. The number of likely N-dealkylation sites (tertiary alicyclic amines) is 1. The Morgan fingerprint density at radius 1 is 1.17 bits per heavy atom. The number of hydrogen-bond acceptors (Lipinski definition) is 2. The topological polar surface area (TPSA) is 35.6 Å². The summed E-state index contributed by atoms with van der Waals surface area (Å²) in [5.41, 5.74) is 0.668. The highest BCUT2D eigenvalue weighted by Crippen LogP contribution is 2.46. The molecule has 0 spiro atoms. The van der Waals surface area contributed by atoms with Crippen LogP contribution in [0.1, 0.15) is 31.2 Å². The Balaban J connectivity index is 1.71. The van der Waals surface area contributed by atoms with E-state index in [-0.39, 0.29) is 24.0 Å². The number of amides is 2. The lowest BCUT2D eigenvalue weighted by molar-refractivity contribution is 0.00356. The molecule has 1 N–H and O–H groups in total. The predicted molar refractivity (Wildman–Crippen MR) is 86.8 cm³/mol. The van der Waals surface area contributed by atoms with E-state index in [9.17, 15) is 13.6 Å². The molecule has 1 aromatic carbocycles. The fraction of sp³-hybridized carbons (Fsp3) is 0.611. The van der Waals surface area contributed by atoms with E-state index in [0.29, 0.717) is 24.6 Å². The smallest absolute Gasteiger partial charge is 0.317 e. The maximum Gasteiger partial charge on any atom is 0.317 e. The molecule has 0 saturated carbocycles. The zero-order chi connectivity index (χ0) is 16.8. The highest BCUT2D eigenvalue weighted by Gasteiger charge is 2.54. The lowest BCUT2D eigenvalue weighted by Crippen LogP contribution is -2.61. The van der Waals surface area contributed by atoms with Crippen LogP contribution in [0.25, 0.3) is 0 Å². The van der Waals surface area contributed by atoms with E-state index in [1.54, 1.807) is 0 Å². The lowest BCUT2D eigenvalue weighted by Gasteiger charge is -2.51. The second-order valence-electron chi connectivity index (χ2n) is 7.15. The van der Waals surface area contributed by atoms with Crippen LogP contribution in [0.4, 0.5) is 13.6 Å². The average molecular weight is 335 g/mol. The van der Waals surface area contributed by atoms with Crippen LogP contribution in [0.3, 0.4) is 0 Å². The quantitative estimate of drug-likeness (QED) is 0.902. The standard InChI is InChI=1S/C18H23F2N3O/c1-2-21-18(24)23-10-15(12-7-13(19)9-14(20)8-12)17-16(23)11-3-5-22(17)6-4-11/h7-9,11,15-17H,2-6,10H2,1H3,(H,21,24)/t15-,16-,17-/m1/s1. The summed E-state index contributed by atoms with van der Waals surface area (Å²) in [4.78, 5) is 16.9. The number of benzene rings is 1. The maximum absolute atomic E-state index is 13.7. The van der Waals surface area contributed by atoms with Gasteiger partial charge in [-0.3, -0.25) is 4.90 Å². The molecule has 4 aliphatic heterocycles. The van der Waals surface area contributed by atoms with E-state index in [4.69, 9.17) is 0 Å². The molecule has 4 saturated heterocycles. The minimum absolute atomic E-state index is 0.0362. The number of fused-ring (bicyclic) bond motifs is 2. The molecule has 0 radical (unpaired) electrons. The second-order valence-corrected chi connectivity index (χ2v) is 7.15. The molecule has 4 aliphatic rings. The van der Waals surface area contributed by atoms with Gasteiger partial charge in [0.25, 0.3) is 0 Å². The zero-order valence-electron chi connectivity index (χ0n) is 13.8. The van der Waals surface area contributed by atoms with Crippen LogP contribution in [-0.4, -0.2) is 54.1 Å². The fourth-order valence-corrected chi connectivity index (χ4v) is 4.99. The molecular weight excluding hydrogens is 312 g/mol. The van der Waals surface area contributed by atoms with Crippen molar-refractivity contribution in [3.05, 3.63) is 35.4 Å². The Morgan fingerprint density at radius 3 is 2.46 bits per heavy atom. The second kappa shape index (κ2) is 5.99. The highest BCUT2D eigenvalue weighted by atomic mass is 19.1. The number of halogens is 2. The van der Waals surface area contributed by atoms with Crippen molar-refractivity contribution < 1.29 is 13.6 Å². The summed E-state index contributed by atoms with van der Waals surface area (Å²) in [5, 5.41) is 2.90. The molecule has 5 rings (SSSR count). The van der Waals surface area contributed by atoms with Crippen molar-refractivity contribution in [3.63, 3.8) is 0 Å². The molecule has 0 aromatic heterocycles. The SMILES string of the molecule is CCNC(=O)N1C[C@H](c2cc(F)cc(F)c2)[C@@H]2[C@H]1C1CCN2CC1. The number of carbonyl (C=O) groups is 1. The van der Waals surface area contributed by atoms with Crippen LogP contribution < -0.4 is 5.32 Å². The van der Waals surface area contributed by atoms with Crippen molar-refractivity contribution in [2.75, 3.05) is 26.2 Å². The Morgan fingerprint density at radius 2 is 1.83 bits per heavy atom. The molecule has 2 amide bonds. The molecule has 24 heavy (non-hydrogen) atoms. The van der Waals surface area contributed by atoms with Crippen LogP contribution >= 0.6 is 0 Å². The van der Waals surface area contributed by atoms with Crippen LogP contribution in [0, 0.1) is 17.6 Å². The Hall–Kier alpha value is -1.69. The Kier molecular flexibility index (Phi) is 3.95. The first-order chi connectivity index (χ1) is 11.6. The average Bonchev–Trinajstić information content (AvgIpc) is 2.98. The molecule has 0 unspecified atom stereocenters. The lowest BCUT2D eigenvalue weighted by atomic mass is 9.75. The van der Waals surface area contributed by atoms with Gasteiger partial charge >= 0.3 is 6.03 Å². The van der Waals surface area contributed by atoms with Crippen LogP contribution in [0.5, 0.6) is 0 Å². The highest BCUT2D eigenvalue weighted by molar-refractivity contribution is 5.75. The van der Waals surface area contributed by atoms with E-state index in [1.807, 2.05) is 11.8 Å². The van der Waals surface area contributed by atoms with Crippen LogP contribution in [0.15, 0.2) is 18.2 Å². The molecule has 4 heterocycles. The van der Waals surface area contributed by atoms with Gasteiger partial charge in [0.15, 0.2) is 0 Å². The van der Waals surface area contributed by atoms with Gasteiger partial charge in [-0.15, -0.1) is 0 Å². The molecular formula is C18H23F2N3O. The third-order valence-corrected chi connectivity index (χ3v) is 5.90. The first kappa shape index (κ1) is 15.8. The summed E-state index contributed by atoms with van der Waals surface area (Å²) in [5.74, 6) is -0.639. The number of urea groups is 1. The Labute approximate surface area is 140 Å². The van der Waals surface area contributed by atoms with Crippen molar-refractivity contribution in [1.29, 1.82) is 0 Å². The fourth-order valence-electron chi connectivity index (χ4n) is 4.99. The molecule has 3 atom stereocenters. The van der Waals surface area contributed by atoms with Gasteiger partial charge in [0.05, 0.1) is 6.04 Å². The first-order valence-corrected chi connectivity index (χ1v) is 8.83. The zero-order valence-corrected chi connectivity index (χ0v) is 13.8. The maximum atomic E-state index is 13.7. The molecule has 6 heteroatoms. The summed E-state index contributed by atoms with van der Waals surface area (Å²) < 4.78 is 27.4. The van der Waals surface area contributed by atoms with Gasteiger partial charge in [-0.25, -0.2) is 13.6 Å². The third-order valence-electron chi connectivity index (χ3n) is 5.90. The van der Waals surface area contributed by atoms with Crippen molar-refractivity contribution in [2.24, 2.45) is 5.92 Å². The van der Waals surface area contributed by atoms with Crippen LogP contribution in [0.2, 0.25) is 0 Å². The number of nitrogens with one attached hydrogen (secondary N) is 1. The third kappa shape index (κ3) is 2.48. The number of hydrogen-bond donors (Lipinski definition) is 1. The van der Waals surface area contributed by atoms with E-state index in [0.717, 1.165) is 32.0 Å². The Bertz CT molecular complexity index is 625. The molecule has 2 bridgehead atoms. The summed E-state index contributed by atoms with van der Waals surface area (Å²) in [6.07, 6.45) is 2.20. The van der Waals surface area contributed by atoms with Gasteiger partial charge in [-0.1, -0.05) is 0 Å². The van der Waals surface area contributed by atoms with E-state index >= 15 is 0 Å². The molecule has 4 nitrogen and oxygen atoms in total. The number of piperidine rings is 3. The molecule has 130 valence electrons. The monoisotopic (exact) mass is 335 g/mol. The van der Waals surface area contributed by atoms with Crippen molar-refractivity contribution in [3.8, 4) is 0 Å². The summed E-state index contributed by atoms with van der Waals surface area (Å²) in [6.45, 7) is 5.05. The van der Waals surface area contributed by atoms with E-state index in [1.165, 1.54) is 12.1 Å². The largest absolute Gasteiger partial charge is 0.338 e. The number of carbonyl (C=O) groups excluding carboxylic acids is 1. The van der Waals surface area contributed by atoms with Crippen molar-refractivity contribution in [2.45, 2.75) is 37.8 Å². The van der Waals surface area contributed by atoms with Crippen molar-refractivity contribution in [1.82, 2.24) is 15.1 Å². The summed E-state index contributed by atoms with van der Waals surface area (Å²) in [7, 11) is 0. The minimum Gasteiger partial charge on any atom is -0.338 e. The molecule has 0 aliphatic carbocycles. The van der Waals surface area contributed by atoms with Gasteiger partial charge in [0.2, 0.25) is 0 Å². The minimum atomic E-state index is -0.547. The predicted octanol–water partition coefficient (Wildman–Crippen LogP) is 2.56. The van der Waals surface area contributed by atoms with E-state index in [2.05, 4.69) is 10.2 Å².